The molecule has 7 heteroatoms. The van der Waals surface area contributed by atoms with Gasteiger partial charge in [0.25, 0.3) is 0 Å². The molecule has 1 aromatic rings. The average Bonchev–Trinajstić information content (AvgIpc) is 2.30. The maximum atomic E-state index is 12.9. The van der Waals surface area contributed by atoms with Crippen molar-refractivity contribution in [2.75, 3.05) is 0 Å². The zero-order valence-corrected chi connectivity index (χ0v) is 10.3. The number of urea groups is 1. The summed E-state index contributed by atoms with van der Waals surface area (Å²) in [7, 11) is 0. The van der Waals surface area contributed by atoms with Gasteiger partial charge in [-0.05, 0) is 24.6 Å². The van der Waals surface area contributed by atoms with Gasteiger partial charge in [-0.25, -0.2) is 9.18 Å². The first-order valence-electron chi connectivity index (χ1n) is 5.11. The van der Waals surface area contributed by atoms with Crippen LogP contribution in [0.4, 0.5) is 9.18 Å². The van der Waals surface area contributed by atoms with Crippen LogP contribution in [0.2, 0.25) is 5.02 Å². The van der Waals surface area contributed by atoms with E-state index in [1.807, 2.05) is 0 Å². The number of carbonyl (C=O) groups excluding carboxylic acids is 1. The zero-order chi connectivity index (χ0) is 13.7. The Balaban J connectivity index is 2.47. The Labute approximate surface area is 108 Å². The van der Waals surface area contributed by atoms with E-state index in [4.69, 9.17) is 16.7 Å². The predicted octanol–water partition coefficient (Wildman–Crippen LogP) is 1.75. The third-order valence-corrected chi connectivity index (χ3v) is 2.44. The predicted molar refractivity (Wildman–Crippen MR) is 63.9 cm³/mol. The second-order valence-electron chi connectivity index (χ2n) is 3.64. The molecule has 1 aromatic carbocycles. The van der Waals surface area contributed by atoms with Gasteiger partial charge in [-0.3, -0.25) is 4.79 Å². The molecule has 2 amide bonds. The molecule has 1 rings (SSSR count). The second-order valence-corrected chi connectivity index (χ2v) is 4.04. The molecule has 0 heterocycles. The lowest BCUT2D eigenvalue weighted by atomic mass is 10.2. The maximum absolute atomic E-state index is 12.9. The lowest BCUT2D eigenvalue weighted by molar-refractivity contribution is -0.138. The van der Waals surface area contributed by atoms with Crippen molar-refractivity contribution < 1.29 is 19.1 Å². The molecule has 0 saturated heterocycles. The van der Waals surface area contributed by atoms with E-state index in [1.165, 1.54) is 25.1 Å². The third kappa shape index (κ3) is 4.21. The van der Waals surface area contributed by atoms with Crippen LogP contribution in [0.25, 0.3) is 0 Å². The lowest BCUT2D eigenvalue weighted by Gasteiger charge is -2.10. The molecule has 0 saturated carbocycles. The summed E-state index contributed by atoms with van der Waals surface area (Å²) in [6, 6.07) is 2.45. The normalized spacial score (nSPS) is 11.7. The van der Waals surface area contributed by atoms with E-state index in [0.29, 0.717) is 5.56 Å². The van der Waals surface area contributed by atoms with Crippen LogP contribution in [0, 0.1) is 5.82 Å². The molecule has 1 atom stereocenters. The van der Waals surface area contributed by atoms with Crippen molar-refractivity contribution in [3.05, 3.63) is 34.6 Å². The second kappa shape index (κ2) is 6.20. The highest BCUT2D eigenvalue weighted by molar-refractivity contribution is 6.30. The largest absolute Gasteiger partial charge is 0.480 e. The molecule has 0 spiro atoms. The lowest BCUT2D eigenvalue weighted by Crippen LogP contribution is -2.44. The van der Waals surface area contributed by atoms with Gasteiger partial charge in [0.05, 0.1) is 5.02 Å². The Morgan fingerprint density at radius 1 is 1.50 bits per heavy atom. The van der Waals surface area contributed by atoms with Crippen molar-refractivity contribution in [3.63, 3.8) is 0 Å². The number of carboxylic acids is 1. The molecule has 3 N–H and O–H groups in total. The number of benzene rings is 1. The van der Waals surface area contributed by atoms with E-state index in [0.717, 1.165) is 0 Å². The first kappa shape index (κ1) is 14.2. The van der Waals surface area contributed by atoms with Crippen molar-refractivity contribution in [3.8, 4) is 0 Å². The average molecular weight is 275 g/mol. The summed E-state index contributed by atoms with van der Waals surface area (Å²) in [5, 5.41) is 13.2. The van der Waals surface area contributed by atoms with Gasteiger partial charge in [-0.2, -0.15) is 0 Å². The molecule has 0 aliphatic heterocycles. The van der Waals surface area contributed by atoms with Crippen LogP contribution in [-0.2, 0) is 11.3 Å². The number of aliphatic carboxylic acids is 1. The van der Waals surface area contributed by atoms with Crippen molar-refractivity contribution in [2.24, 2.45) is 0 Å². The van der Waals surface area contributed by atoms with Crippen LogP contribution >= 0.6 is 11.6 Å². The maximum Gasteiger partial charge on any atom is 0.325 e. The smallest absolute Gasteiger partial charge is 0.325 e. The number of hydrogen-bond acceptors (Lipinski definition) is 2. The fourth-order valence-electron chi connectivity index (χ4n) is 1.14. The van der Waals surface area contributed by atoms with Gasteiger partial charge in [0.15, 0.2) is 0 Å². The Hall–Kier alpha value is -1.82. The number of hydrogen-bond donors (Lipinski definition) is 3. The number of halogens is 2. The van der Waals surface area contributed by atoms with Gasteiger partial charge in [0.2, 0.25) is 0 Å². The van der Waals surface area contributed by atoms with Crippen molar-refractivity contribution in [2.45, 2.75) is 19.5 Å². The number of rotatable bonds is 4. The topological polar surface area (TPSA) is 78.4 Å². The molecule has 0 aliphatic rings. The van der Waals surface area contributed by atoms with E-state index < -0.39 is 23.9 Å². The number of amides is 2. The first-order chi connectivity index (χ1) is 8.40. The van der Waals surface area contributed by atoms with Gasteiger partial charge >= 0.3 is 12.0 Å². The third-order valence-electron chi connectivity index (χ3n) is 2.16. The molecule has 0 radical (unpaired) electrons. The molecular formula is C11H12ClFN2O3. The molecular weight excluding hydrogens is 263 g/mol. The summed E-state index contributed by atoms with van der Waals surface area (Å²) in [4.78, 5) is 21.8. The number of carboxylic acid groups (broad SMARTS) is 1. The fraction of sp³-hybridized carbons (Fsp3) is 0.273. The summed E-state index contributed by atoms with van der Waals surface area (Å²) < 4.78 is 12.9. The van der Waals surface area contributed by atoms with Crippen LogP contribution in [0.15, 0.2) is 18.2 Å². The Kier molecular flexibility index (Phi) is 4.91. The number of nitrogens with one attached hydrogen (secondary N) is 2. The highest BCUT2D eigenvalue weighted by Gasteiger charge is 2.13. The van der Waals surface area contributed by atoms with E-state index >= 15 is 0 Å². The molecule has 1 unspecified atom stereocenters. The molecule has 18 heavy (non-hydrogen) atoms. The van der Waals surface area contributed by atoms with E-state index in [9.17, 15) is 14.0 Å². The fourth-order valence-corrected chi connectivity index (χ4v) is 1.34. The van der Waals surface area contributed by atoms with Gasteiger partial charge < -0.3 is 15.7 Å². The minimum atomic E-state index is -1.13. The van der Waals surface area contributed by atoms with Crippen molar-refractivity contribution in [1.82, 2.24) is 10.6 Å². The van der Waals surface area contributed by atoms with E-state index in [2.05, 4.69) is 10.6 Å². The SMILES string of the molecule is CC(NC(=O)NCc1ccc(F)c(Cl)c1)C(=O)O. The first-order valence-corrected chi connectivity index (χ1v) is 5.49. The van der Waals surface area contributed by atoms with Crippen molar-refractivity contribution >= 4 is 23.6 Å². The standard InChI is InChI=1S/C11H12ClFN2O3/c1-6(10(16)17)15-11(18)14-5-7-2-3-9(13)8(12)4-7/h2-4,6H,5H2,1H3,(H,16,17)(H2,14,15,18). The van der Waals surface area contributed by atoms with Gasteiger partial charge in [-0.1, -0.05) is 17.7 Å². The minimum absolute atomic E-state index is 0.0337. The van der Waals surface area contributed by atoms with Crippen LogP contribution in [0.1, 0.15) is 12.5 Å². The van der Waals surface area contributed by atoms with E-state index in [-0.39, 0.29) is 11.6 Å². The van der Waals surface area contributed by atoms with Crippen LogP contribution in [0.5, 0.6) is 0 Å². The van der Waals surface area contributed by atoms with Crippen molar-refractivity contribution in [1.29, 1.82) is 0 Å². The van der Waals surface area contributed by atoms with Crippen LogP contribution in [-0.4, -0.2) is 23.1 Å². The summed E-state index contributed by atoms with van der Waals surface area (Å²) in [6.45, 7) is 1.47. The monoisotopic (exact) mass is 274 g/mol. The van der Waals surface area contributed by atoms with E-state index in [1.54, 1.807) is 0 Å². The van der Waals surface area contributed by atoms with Gasteiger partial charge in [0, 0.05) is 6.54 Å². The summed E-state index contributed by atoms with van der Waals surface area (Å²) in [5.41, 5.74) is 0.611. The molecule has 5 nitrogen and oxygen atoms in total. The Bertz CT molecular complexity index is 468. The summed E-state index contributed by atoms with van der Waals surface area (Å²) in [5.74, 6) is -1.67. The summed E-state index contributed by atoms with van der Waals surface area (Å²) >= 11 is 5.57. The Morgan fingerprint density at radius 2 is 2.17 bits per heavy atom. The molecule has 0 aliphatic carbocycles. The molecule has 0 aromatic heterocycles. The number of carbonyl (C=O) groups is 2. The van der Waals surface area contributed by atoms with Gasteiger partial charge in [-0.15, -0.1) is 0 Å². The minimum Gasteiger partial charge on any atom is -0.480 e. The van der Waals surface area contributed by atoms with Gasteiger partial charge in [0.1, 0.15) is 11.9 Å². The molecule has 0 bridgehead atoms. The van der Waals surface area contributed by atoms with Crippen LogP contribution in [0.3, 0.4) is 0 Å². The zero-order valence-electron chi connectivity index (χ0n) is 9.54. The quantitative estimate of drug-likeness (QED) is 0.783. The summed E-state index contributed by atoms with van der Waals surface area (Å²) in [6.07, 6.45) is 0. The van der Waals surface area contributed by atoms with Crippen LogP contribution < -0.4 is 10.6 Å². The Morgan fingerprint density at radius 3 is 2.72 bits per heavy atom. The highest BCUT2D eigenvalue weighted by Crippen LogP contribution is 2.15. The molecule has 98 valence electrons. The highest BCUT2D eigenvalue weighted by atomic mass is 35.5. The molecule has 0 fully saturated rings.